The topological polar surface area (TPSA) is 64.4 Å². The average Bonchev–Trinajstić information content (AvgIpc) is 3.23. The molecule has 0 N–H and O–H groups in total. The van der Waals surface area contributed by atoms with Gasteiger partial charge < -0.3 is 9.64 Å². The van der Waals surface area contributed by atoms with E-state index in [1.165, 1.54) is 29.2 Å². The molecule has 0 radical (unpaired) electrons. The van der Waals surface area contributed by atoms with E-state index in [0.717, 1.165) is 0 Å². The van der Waals surface area contributed by atoms with Gasteiger partial charge in [-0.3, -0.25) is 9.36 Å². The van der Waals surface area contributed by atoms with Gasteiger partial charge in [-0.05, 0) is 42.8 Å². The molecule has 1 fully saturated rings. The summed E-state index contributed by atoms with van der Waals surface area (Å²) in [5.41, 5.74) is 1.17. The molecule has 1 saturated heterocycles. The van der Waals surface area contributed by atoms with E-state index in [2.05, 4.69) is 0 Å². The first kappa shape index (κ1) is 20.9. The maximum atomic E-state index is 14.1. The average molecular weight is 448 g/mol. The summed E-state index contributed by atoms with van der Waals surface area (Å²) in [7, 11) is 0. The summed E-state index contributed by atoms with van der Waals surface area (Å²) in [6, 6.07) is 8.40. The number of likely N-dealkylation sites (tertiary alicyclic amines) is 1. The Morgan fingerprint density at radius 1 is 1.30 bits per heavy atom. The van der Waals surface area contributed by atoms with Crippen LogP contribution in [0.3, 0.4) is 0 Å². The number of hydrogen-bond acceptors (Lipinski definition) is 6. The maximum Gasteiger partial charge on any atom is 0.409 e. The molecule has 0 atom stereocenters. The molecule has 1 aromatic carbocycles. The van der Waals surface area contributed by atoms with Gasteiger partial charge in [0.05, 0.1) is 12.1 Å². The fraction of sp³-hybridized carbons (Fsp3) is 0.381. The van der Waals surface area contributed by atoms with E-state index in [1.807, 2.05) is 11.4 Å². The van der Waals surface area contributed by atoms with Crippen molar-refractivity contribution in [1.29, 1.82) is 0 Å². The largest absolute Gasteiger partial charge is 0.450 e. The number of carbonyl (C=O) groups is 1. The maximum absolute atomic E-state index is 14.1. The number of thiophene rings is 1. The molecule has 0 spiro atoms. The minimum absolute atomic E-state index is 0.0645. The second kappa shape index (κ2) is 9.18. The fourth-order valence-corrected chi connectivity index (χ4v) is 5.43. The number of hydrogen-bond donors (Lipinski definition) is 0. The van der Waals surface area contributed by atoms with E-state index < -0.39 is 0 Å². The number of rotatable bonds is 5. The molecule has 158 valence electrons. The third-order valence-corrected chi connectivity index (χ3v) is 7.04. The van der Waals surface area contributed by atoms with Crippen LogP contribution in [0.5, 0.6) is 0 Å². The van der Waals surface area contributed by atoms with Crippen LogP contribution in [-0.4, -0.2) is 40.2 Å². The van der Waals surface area contributed by atoms with Gasteiger partial charge in [-0.25, -0.2) is 14.2 Å². The first-order valence-electron chi connectivity index (χ1n) is 9.86. The Hall–Kier alpha value is -2.39. The molecule has 6 nitrogen and oxygen atoms in total. The highest BCUT2D eigenvalue weighted by Gasteiger charge is 2.28. The molecular weight excluding hydrogens is 425 g/mol. The molecule has 0 saturated carbocycles. The number of halogens is 1. The Morgan fingerprint density at radius 2 is 2.07 bits per heavy atom. The lowest BCUT2D eigenvalue weighted by atomic mass is 10.1. The van der Waals surface area contributed by atoms with Gasteiger partial charge in [0.15, 0.2) is 5.16 Å². The summed E-state index contributed by atoms with van der Waals surface area (Å²) < 4.78 is 21.5. The van der Waals surface area contributed by atoms with Crippen LogP contribution in [0.15, 0.2) is 45.7 Å². The highest BCUT2D eigenvalue weighted by Crippen LogP contribution is 2.30. The highest BCUT2D eigenvalue weighted by molar-refractivity contribution is 7.98. The monoisotopic (exact) mass is 447 g/mol. The molecular formula is C21H22FN3O3S2. The lowest BCUT2D eigenvalue weighted by Gasteiger charge is -2.32. The quantitative estimate of drug-likeness (QED) is 0.420. The Labute approximate surface area is 181 Å². The summed E-state index contributed by atoms with van der Waals surface area (Å²) >= 11 is 2.75. The molecule has 30 heavy (non-hydrogen) atoms. The summed E-state index contributed by atoms with van der Waals surface area (Å²) in [6.07, 6.45) is 0.971. The van der Waals surface area contributed by atoms with Crippen molar-refractivity contribution < 1.29 is 13.9 Å². The zero-order valence-corrected chi connectivity index (χ0v) is 18.2. The SMILES string of the molecule is CCOC(=O)N1CCC(n2c(SCc3ccccc3F)nc3ccsc3c2=O)CC1. The molecule has 1 aliphatic rings. The van der Waals surface area contributed by atoms with E-state index in [1.54, 1.807) is 34.6 Å². The summed E-state index contributed by atoms with van der Waals surface area (Å²) in [6.45, 7) is 3.17. The van der Waals surface area contributed by atoms with Gasteiger partial charge in [-0.15, -0.1) is 11.3 Å². The third kappa shape index (κ3) is 4.22. The lowest BCUT2D eigenvalue weighted by Crippen LogP contribution is -2.41. The van der Waals surface area contributed by atoms with E-state index >= 15 is 0 Å². The van der Waals surface area contributed by atoms with Crippen molar-refractivity contribution in [2.24, 2.45) is 0 Å². The van der Waals surface area contributed by atoms with Crippen LogP contribution in [0.1, 0.15) is 31.4 Å². The Morgan fingerprint density at radius 3 is 2.80 bits per heavy atom. The number of carbonyl (C=O) groups excluding carboxylic acids is 1. The smallest absolute Gasteiger partial charge is 0.409 e. The second-order valence-corrected chi connectivity index (χ2v) is 8.86. The fourth-order valence-electron chi connectivity index (χ4n) is 3.61. The van der Waals surface area contributed by atoms with E-state index in [4.69, 9.17) is 9.72 Å². The predicted octanol–water partition coefficient (Wildman–Crippen LogP) is 4.68. The number of fused-ring (bicyclic) bond motifs is 1. The number of benzene rings is 1. The van der Waals surface area contributed by atoms with Crippen molar-refractivity contribution in [2.45, 2.75) is 36.7 Å². The molecule has 1 amide bonds. The van der Waals surface area contributed by atoms with Crippen molar-refractivity contribution in [1.82, 2.24) is 14.5 Å². The molecule has 3 aromatic rings. The highest BCUT2D eigenvalue weighted by atomic mass is 32.2. The standard InChI is InChI=1S/C21H22FN3O3S2/c1-2-28-21(27)24-10-7-15(8-11-24)25-19(26)18-17(9-12-29-18)23-20(25)30-13-14-5-3-4-6-16(14)22/h3-6,9,12,15H,2,7-8,10-11,13H2,1H3. The van der Waals surface area contributed by atoms with Gasteiger partial charge in [-0.2, -0.15) is 0 Å². The first-order valence-corrected chi connectivity index (χ1v) is 11.7. The van der Waals surface area contributed by atoms with Crippen molar-refractivity contribution in [2.75, 3.05) is 19.7 Å². The molecule has 4 rings (SSSR count). The van der Waals surface area contributed by atoms with Crippen LogP contribution < -0.4 is 5.56 Å². The van der Waals surface area contributed by atoms with Gasteiger partial charge >= 0.3 is 6.09 Å². The van der Waals surface area contributed by atoms with Crippen LogP contribution in [0.25, 0.3) is 10.2 Å². The van der Waals surface area contributed by atoms with Crippen LogP contribution in [0, 0.1) is 5.82 Å². The van der Waals surface area contributed by atoms with Crippen molar-refractivity contribution in [3.63, 3.8) is 0 Å². The van der Waals surface area contributed by atoms with E-state index in [0.29, 0.717) is 59.2 Å². The minimum Gasteiger partial charge on any atom is -0.450 e. The van der Waals surface area contributed by atoms with Crippen LogP contribution in [-0.2, 0) is 10.5 Å². The van der Waals surface area contributed by atoms with Crippen molar-refractivity contribution in [3.05, 3.63) is 57.4 Å². The van der Waals surface area contributed by atoms with Crippen LogP contribution in [0.4, 0.5) is 9.18 Å². The summed E-state index contributed by atoms with van der Waals surface area (Å²) in [4.78, 5) is 31.6. The lowest BCUT2D eigenvalue weighted by molar-refractivity contribution is 0.0915. The molecule has 1 aliphatic heterocycles. The van der Waals surface area contributed by atoms with Crippen LogP contribution >= 0.6 is 23.1 Å². The molecule has 9 heteroatoms. The molecule has 3 heterocycles. The van der Waals surface area contributed by atoms with E-state index in [9.17, 15) is 14.0 Å². The summed E-state index contributed by atoms with van der Waals surface area (Å²) in [5, 5.41) is 2.45. The number of ether oxygens (including phenoxy) is 1. The number of thioether (sulfide) groups is 1. The van der Waals surface area contributed by atoms with Gasteiger partial charge in [0, 0.05) is 24.9 Å². The van der Waals surface area contributed by atoms with Crippen LogP contribution in [0.2, 0.25) is 0 Å². The molecule has 0 aliphatic carbocycles. The summed E-state index contributed by atoms with van der Waals surface area (Å²) in [5.74, 6) is 0.120. The van der Waals surface area contributed by atoms with Gasteiger partial charge in [0.2, 0.25) is 0 Å². The number of nitrogens with zero attached hydrogens (tertiary/aromatic N) is 3. The number of piperidine rings is 1. The second-order valence-electron chi connectivity index (χ2n) is 7.00. The predicted molar refractivity (Wildman–Crippen MR) is 117 cm³/mol. The molecule has 0 unspecified atom stereocenters. The molecule has 0 bridgehead atoms. The third-order valence-electron chi connectivity index (χ3n) is 5.15. The zero-order chi connectivity index (χ0) is 21.1. The Bertz CT molecular complexity index is 1110. The van der Waals surface area contributed by atoms with Gasteiger partial charge in [0.25, 0.3) is 5.56 Å². The Balaban J connectivity index is 1.61. The first-order chi connectivity index (χ1) is 14.6. The minimum atomic E-state index is -0.315. The number of aromatic nitrogens is 2. The number of amides is 1. The normalized spacial score (nSPS) is 14.9. The molecule has 2 aromatic heterocycles. The van der Waals surface area contributed by atoms with Gasteiger partial charge in [0.1, 0.15) is 10.5 Å². The van der Waals surface area contributed by atoms with Crippen molar-refractivity contribution in [3.8, 4) is 0 Å². The van der Waals surface area contributed by atoms with Crippen molar-refractivity contribution >= 4 is 39.4 Å². The zero-order valence-electron chi connectivity index (χ0n) is 16.5. The Kier molecular flexibility index (Phi) is 6.38. The van der Waals surface area contributed by atoms with Gasteiger partial charge in [-0.1, -0.05) is 30.0 Å². The van der Waals surface area contributed by atoms with E-state index in [-0.39, 0.29) is 23.5 Å².